The smallest absolute Gasteiger partial charge is 0.0291 e. The summed E-state index contributed by atoms with van der Waals surface area (Å²) in [6.45, 7) is 6.03. The van der Waals surface area contributed by atoms with Crippen LogP contribution in [0.25, 0.3) is 0 Å². The van der Waals surface area contributed by atoms with Crippen molar-refractivity contribution in [2.24, 2.45) is 5.92 Å². The van der Waals surface area contributed by atoms with Gasteiger partial charge in [0.05, 0.1) is 0 Å². The molecule has 0 radical (unpaired) electrons. The molecule has 0 aromatic heterocycles. The molecule has 1 atom stereocenters. The summed E-state index contributed by atoms with van der Waals surface area (Å²) in [4.78, 5) is 0. The highest BCUT2D eigenvalue weighted by molar-refractivity contribution is 5.12. The molecule has 0 N–H and O–H groups in total. The van der Waals surface area contributed by atoms with E-state index in [9.17, 15) is 0 Å². The summed E-state index contributed by atoms with van der Waals surface area (Å²) in [5.74, 6) is 0.903. The molecule has 0 aromatic rings. The molecule has 0 spiro atoms. The Morgan fingerprint density at radius 2 is 2.40 bits per heavy atom. The highest BCUT2D eigenvalue weighted by atomic mass is 14.2. The van der Waals surface area contributed by atoms with E-state index in [-0.39, 0.29) is 0 Å². The Bertz CT molecular complexity index is 142. The summed E-state index contributed by atoms with van der Waals surface area (Å²) in [7, 11) is 0. The fourth-order valence-corrected chi connectivity index (χ4v) is 1.65. The van der Waals surface area contributed by atoms with Gasteiger partial charge in [-0.05, 0) is 25.2 Å². The van der Waals surface area contributed by atoms with Crippen LogP contribution in [0.5, 0.6) is 0 Å². The van der Waals surface area contributed by atoms with Crippen molar-refractivity contribution in [3.8, 4) is 0 Å². The number of hydrogen-bond donors (Lipinski definition) is 0. The Labute approximate surface area is 63.6 Å². The zero-order valence-electron chi connectivity index (χ0n) is 6.77. The summed E-state index contributed by atoms with van der Waals surface area (Å²) in [5.41, 5.74) is 1.59. The highest BCUT2D eigenvalue weighted by Gasteiger charge is 2.10. The van der Waals surface area contributed by atoms with Crippen LogP contribution in [0.1, 0.15) is 32.6 Å². The highest BCUT2D eigenvalue weighted by Crippen LogP contribution is 2.27. The van der Waals surface area contributed by atoms with Crippen molar-refractivity contribution in [3.63, 3.8) is 0 Å². The van der Waals surface area contributed by atoms with Crippen LogP contribution in [0.2, 0.25) is 0 Å². The molecule has 1 aliphatic rings. The van der Waals surface area contributed by atoms with E-state index in [0.29, 0.717) is 0 Å². The van der Waals surface area contributed by atoms with Gasteiger partial charge in [-0.2, -0.15) is 0 Å². The van der Waals surface area contributed by atoms with Crippen LogP contribution in [0, 0.1) is 5.92 Å². The maximum atomic E-state index is 3.70. The first-order chi connectivity index (χ1) is 4.83. The first-order valence-electron chi connectivity index (χ1n) is 4.13. The quantitative estimate of drug-likeness (QED) is 0.518. The Balaban J connectivity index is 2.46. The molecule has 10 heavy (non-hydrogen) atoms. The molecule has 0 aromatic carbocycles. The molecule has 0 heterocycles. The van der Waals surface area contributed by atoms with Crippen molar-refractivity contribution in [2.45, 2.75) is 32.6 Å². The molecule has 0 saturated heterocycles. The standard InChI is InChI=1S/C10H16/c1-3-5-10-7-4-6-9(2)8-10/h3,5,9H,1,4,6-8H2,2H3/b10-5+/t9-/m1/s1. The Morgan fingerprint density at radius 1 is 1.60 bits per heavy atom. The van der Waals surface area contributed by atoms with Gasteiger partial charge in [0.25, 0.3) is 0 Å². The Morgan fingerprint density at radius 3 is 3.00 bits per heavy atom. The van der Waals surface area contributed by atoms with Crippen molar-refractivity contribution in [3.05, 3.63) is 24.3 Å². The third-order valence-corrected chi connectivity index (χ3v) is 2.16. The predicted molar refractivity (Wildman–Crippen MR) is 45.9 cm³/mol. The van der Waals surface area contributed by atoms with Crippen molar-refractivity contribution in [1.82, 2.24) is 0 Å². The minimum atomic E-state index is 0.903. The lowest BCUT2D eigenvalue weighted by atomic mass is 9.87. The van der Waals surface area contributed by atoms with Crippen LogP contribution in [0.4, 0.5) is 0 Å². The number of hydrogen-bond acceptors (Lipinski definition) is 0. The molecule has 0 heteroatoms. The summed E-state index contributed by atoms with van der Waals surface area (Å²) in [6.07, 6.45) is 9.47. The van der Waals surface area contributed by atoms with Crippen LogP contribution in [0.15, 0.2) is 24.3 Å². The molecule has 1 aliphatic carbocycles. The van der Waals surface area contributed by atoms with Crippen LogP contribution < -0.4 is 0 Å². The van der Waals surface area contributed by atoms with Gasteiger partial charge in [-0.15, -0.1) is 0 Å². The lowest BCUT2D eigenvalue weighted by molar-refractivity contribution is 0.453. The van der Waals surface area contributed by atoms with Gasteiger partial charge in [0, 0.05) is 0 Å². The zero-order valence-corrected chi connectivity index (χ0v) is 6.77. The molecule has 1 rings (SSSR count). The number of allylic oxidation sites excluding steroid dienone is 3. The maximum Gasteiger partial charge on any atom is -0.0291 e. The van der Waals surface area contributed by atoms with Gasteiger partial charge in [-0.25, -0.2) is 0 Å². The molecule has 1 saturated carbocycles. The molecule has 0 amide bonds. The van der Waals surface area contributed by atoms with Gasteiger partial charge in [0.1, 0.15) is 0 Å². The molecule has 0 unspecified atom stereocenters. The van der Waals surface area contributed by atoms with E-state index in [1.807, 2.05) is 6.08 Å². The van der Waals surface area contributed by atoms with E-state index >= 15 is 0 Å². The fraction of sp³-hybridized carbons (Fsp3) is 0.600. The minimum absolute atomic E-state index is 0.903. The Hall–Kier alpha value is -0.520. The van der Waals surface area contributed by atoms with Gasteiger partial charge in [-0.3, -0.25) is 0 Å². The first-order valence-corrected chi connectivity index (χ1v) is 4.13. The third kappa shape index (κ3) is 2.02. The minimum Gasteiger partial charge on any atom is -0.0991 e. The second-order valence-electron chi connectivity index (χ2n) is 3.26. The summed E-state index contributed by atoms with van der Waals surface area (Å²) in [5, 5.41) is 0. The molecule has 0 bridgehead atoms. The van der Waals surface area contributed by atoms with E-state index < -0.39 is 0 Å². The Kier molecular flexibility index (Phi) is 2.73. The molecular weight excluding hydrogens is 120 g/mol. The van der Waals surface area contributed by atoms with Crippen molar-refractivity contribution in [2.75, 3.05) is 0 Å². The average molecular weight is 136 g/mol. The van der Waals surface area contributed by atoms with E-state index in [0.717, 1.165) is 5.92 Å². The SMILES string of the molecule is C=C/C=C1\CCC[C@@H](C)C1. The van der Waals surface area contributed by atoms with E-state index in [2.05, 4.69) is 19.6 Å². The van der Waals surface area contributed by atoms with Crippen LogP contribution in [-0.2, 0) is 0 Å². The molecule has 56 valence electrons. The normalized spacial score (nSPS) is 30.5. The third-order valence-electron chi connectivity index (χ3n) is 2.16. The zero-order chi connectivity index (χ0) is 7.40. The van der Waals surface area contributed by atoms with Gasteiger partial charge >= 0.3 is 0 Å². The van der Waals surface area contributed by atoms with Crippen LogP contribution in [0.3, 0.4) is 0 Å². The van der Waals surface area contributed by atoms with E-state index in [1.54, 1.807) is 5.57 Å². The average Bonchev–Trinajstić information content (AvgIpc) is 1.88. The fourth-order valence-electron chi connectivity index (χ4n) is 1.65. The first kappa shape index (κ1) is 7.59. The predicted octanol–water partition coefficient (Wildman–Crippen LogP) is 3.31. The van der Waals surface area contributed by atoms with Crippen LogP contribution in [-0.4, -0.2) is 0 Å². The van der Waals surface area contributed by atoms with Gasteiger partial charge in [0.15, 0.2) is 0 Å². The summed E-state index contributed by atoms with van der Waals surface area (Å²) >= 11 is 0. The second-order valence-corrected chi connectivity index (χ2v) is 3.26. The largest absolute Gasteiger partial charge is 0.0991 e. The van der Waals surface area contributed by atoms with E-state index in [4.69, 9.17) is 0 Å². The maximum absolute atomic E-state index is 3.70. The van der Waals surface area contributed by atoms with Gasteiger partial charge < -0.3 is 0 Å². The molecule has 1 fully saturated rings. The van der Waals surface area contributed by atoms with Gasteiger partial charge in [0.2, 0.25) is 0 Å². The monoisotopic (exact) mass is 136 g/mol. The second kappa shape index (κ2) is 3.60. The van der Waals surface area contributed by atoms with Crippen molar-refractivity contribution >= 4 is 0 Å². The lowest BCUT2D eigenvalue weighted by Gasteiger charge is -2.19. The number of rotatable bonds is 1. The molecule has 0 aliphatic heterocycles. The topological polar surface area (TPSA) is 0 Å². The van der Waals surface area contributed by atoms with E-state index in [1.165, 1.54) is 25.7 Å². The molecular formula is C10H16. The van der Waals surface area contributed by atoms with Crippen molar-refractivity contribution < 1.29 is 0 Å². The van der Waals surface area contributed by atoms with Crippen LogP contribution >= 0.6 is 0 Å². The summed E-state index contributed by atoms with van der Waals surface area (Å²) < 4.78 is 0. The lowest BCUT2D eigenvalue weighted by Crippen LogP contribution is -2.03. The van der Waals surface area contributed by atoms with Crippen molar-refractivity contribution in [1.29, 1.82) is 0 Å². The van der Waals surface area contributed by atoms with Gasteiger partial charge in [-0.1, -0.05) is 37.6 Å². The summed E-state index contributed by atoms with van der Waals surface area (Å²) in [6, 6.07) is 0. The molecule has 0 nitrogen and oxygen atoms in total.